The maximum atomic E-state index is 11.0. The van der Waals surface area contributed by atoms with Crippen LogP contribution >= 0.6 is 0 Å². The molecule has 1 heterocycles. The third kappa shape index (κ3) is 2.21. The summed E-state index contributed by atoms with van der Waals surface area (Å²) in [6.07, 6.45) is 5.37. The van der Waals surface area contributed by atoms with E-state index in [2.05, 4.69) is 31.3 Å². The molecule has 5 heteroatoms. The van der Waals surface area contributed by atoms with Gasteiger partial charge in [0.2, 0.25) is 0 Å². The van der Waals surface area contributed by atoms with Gasteiger partial charge < -0.3 is 11.1 Å². The Bertz CT molecular complexity index is 610. The van der Waals surface area contributed by atoms with E-state index >= 15 is 0 Å². The molecule has 3 N–H and O–H groups in total. The zero-order valence-corrected chi connectivity index (χ0v) is 12.4. The lowest BCUT2D eigenvalue weighted by atomic mass is 9.69. The molecule has 0 amide bonds. The van der Waals surface area contributed by atoms with Gasteiger partial charge in [-0.25, -0.2) is 0 Å². The van der Waals surface area contributed by atoms with Crippen molar-refractivity contribution in [3.05, 3.63) is 46.0 Å². The molecule has 2 unspecified atom stereocenters. The number of nitrogens with one attached hydrogen (secondary N) is 1. The lowest BCUT2D eigenvalue weighted by molar-refractivity contribution is -0.384. The second-order valence-corrected chi connectivity index (χ2v) is 6.70. The quantitative estimate of drug-likeness (QED) is 0.508. The number of nitrogens with two attached hydrogens (primary N) is 1. The molecule has 0 fully saturated rings. The van der Waals surface area contributed by atoms with Crippen molar-refractivity contribution in [1.82, 2.24) is 0 Å². The van der Waals surface area contributed by atoms with Crippen LogP contribution in [0.5, 0.6) is 0 Å². The third-order valence-corrected chi connectivity index (χ3v) is 4.93. The maximum Gasteiger partial charge on any atom is 0.269 e. The smallest absolute Gasteiger partial charge is 0.269 e. The molecule has 21 heavy (non-hydrogen) atoms. The number of nitro benzene ring substituents is 1. The van der Waals surface area contributed by atoms with Gasteiger partial charge in [-0.2, -0.15) is 0 Å². The molecule has 1 aromatic carbocycles. The summed E-state index contributed by atoms with van der Waals surface area (Å²) < 4.78 is 0. The Kier molecular flexibility index (Phi) is 3.24. The number of allylic oxidation sites excluding steroid dienone is 2. The zero-order chi connectivity index (χ0) is 15.2. The number of nitrogens with zero attached hydrogens (tertiary/aromatic N) is 1. The molecule has 3 rings (SSSR count). The van der Waals surface area contributed by atoms with E-state index in [-0.39, 0.29) is 28.0 Å². The summed E-state index contributed by atoms with van der Waals surface area (Å²) in [4.78, 5) is 10.7. The normalized spacial score (nSPS) is 26.9. The average molecular weight is 287 g/mol. The number of benzene rings is 1. The number of anilines is 1. The van der Waals surface area contributed by atoms with Crippen molar-refractivity contribution in [3.8, 4) is 0 Å². The molecule has 0 radical (unpaired) electrons. The molecule has 3 atom stereocenters. The summed E-state index contributed by atoms with van der Waals surface area (Å²) in [6, 6.07) is 5.38. The van der Waals surface area contributed by atoms with Gasteiger partial charge in [0.1, 0.15) is 0 Å². The minimum absolute atomic E-state index is 0.0194. The summed E-state index contributed by atoms with van der Waals surface area (Å²) >= 11 is 0. The second-order valence-electron chi connectivity index (χ2n) is 6.70. The Labute approximate surface area is 124 Å². The van der Waals surface area contributed by atoms with Crippen molar-refractivity contribution in [2.45, 2.75) is 32.2 Å². The molecule has 1 aromatic rings. The van der Waals surface area contributed by atoms with Gasteiger partial charge in [0.15, 0.2) is 0 Å². The number of rotatable bonds is 3. The van der Waals surface area contributed by atoms with Crippen LogP contribution in [0.25, 0.3) is 0 Å². The summed E-state index contributed by atoms with van der Waals surface area (Å²) in [5.74, 6) is 0.662. The predicted octanol–water partition coefficient (Wildman–Crippen LogP) is 3.03. The lowest BCUT2D eigenvalue weighted by Crippen LogP contribution is -2.49. The van der Waals surface area contributed by atoms with Gasteiger partial charge in [-0.15, -0.1) is 0 Å². The highest BCUT2D eigenvalue weighted by atomic mass is 16.6. The van der Waals surface area contributed by atoms with Gasteiger partial charge in [0, 0.05) is 29.8 Å². The van der Waals surface area contributed by atoms with E-state index in [0.717, 1.165) is 17.7 Å². The highest BCUT2D eigenvalue weighted by molar-refractivity contribution is 5.62. The van der Waals surface area contributed by atoms with Crippen molar-refractivity contribution in [2.75, 3.05) is 11.9 Å². The van der Waals surface area contributed by atoms with Crippen molar-refractivity contribution >= 4 is 11.4 Å². The number of hydrogen-bond acceptors (Lipinski definition) is 4. The molecule has 0 saturated carbocycles. The SMILES string of the molecule is CC(C)(CN)[C@H]1Nc2ccc([N+](=O)[O-])cc2C2C=CCC21. The summed E-state index contributed by atoms with van der Waals surface area (Å²) in [5, 5.41) is 14.6. The van der Waals surface area contributed by atoms with Crippen LogP contribution in [0.1, 0.15) is 31.7 Å². The van der Waals surface area contributed by atoms with Gasteiger partial charge in [-0.1, -0.05) is 26.0 Å². The van der Waals surface area contributed by atoms with Crippen LogP contribution in [0, 0.1) is 21.4 Å². The number of hydrogen-bond donors (Lipinski definition) is 2. The average Bonchev–Trinajstić information content (AvgIpc) is 2.95. The molecule has 0 spiro atoms. The molecule has 5 nitrogen and oxygen atoms in total. The summed E-state index contributed by atoms with van der Waals surface area (Å²) in [5.41, 5.74) is 8.13. The monoisotopic (exact) mass is 287 g/mol. The number of non-ortho nitro benzene ring substituents is 1. The Balaban J connectivity index is 2.05. The van der Waals surface area contributed by atoms with Crippen LogP contribution in [0.3, 0.4) is 0 Å². The minimum Gasteiger partial charge on any atom is -0.381 e. The Morgan fingerprint density at radius 3 is 2.90 bits per heavy atom. The van der Waals surface area contributed by atoms with E-state index in [0.29, 0.717) is 12.5 Å². The maximum absolute atomic E-state index is 11.0. The fourth-order valence-corrected chi connectivity index (χ4v) is 3.60. The molecule has 2 aliphatic rings. The van der Waals surface area contributed by atoms with Crippen LogP contribution in [0.2, 0.25) is 0 Å². The van der Waals surface area contributed by atoms with Gasteiger partial charge in [0.05, 0.1) is 4.92 Å². The topological polar surface area (TPSA) is 81.2 Å². The lowest BCUT2D eigenvalue weighted by Gasteiger charge is -2.45. The van der Waals surface area contributed by atoms with Gasteiger partial charge in [-0.05, 0) is 35.9 Å². The van der Waals surface area contributed by atoms with Crippen LogP contribution in [0.15, 0.2) is 30.4 Å². The Morgan fingerprint density at radius 1 is 1.48 bits per heavy atom. The predicted molar refractivity (Wildman–Crippen MR) is 83.3 cm³/mol. The second kappa shape index (κ2) is 4.84. The van der Waals surface area contributed by atoms with Crippen LogP contribution < -0.4 is 11.1 Å². The van der Waals surface area contributed by atoms with E-state index < -0.39 is 0 Å². The Morgan fingerprint density at radius 2 is 2.24 bits per heavy atom. The van der Waals surface area contributed by atoms with Crippen LogP contribution in [0.4, 0.5) is 11.4 Å². The molecule has 0 saturated heterocycles. The molecule has 0 bridgehead atoms. The van der Waals surface area contributed by atoms with Crippen LogP contribution in [-0.2, 0) is 0 Å². The zero-order valence-electron chi connectivity index (χ0n) is 12.4. The number of nitro groups is 1. The van der Waals surface area contributed by atoms with Crippen molar-refractivity contribution in [1.29, 1.82) is 0 Å². The summed E-state index contributed by atoms with van der Waals surface area (Å²) in [7, 11) is 0. The highest BCUT2D eigenvalue weighted by Gasteiger charge is 2.43. The first-order valence-corrected chi connectivity index (χ1v) is 7.35. The van der Waals surface area contributed by atoms with Gasteiger partial charge in [0.25, 0.3) is 5.69 Å². The van der Waals surface area contributed by atoms with Crippen molar-refractivity contribution < 1.29 is 4.92 Å². The van der Waals surface area contributed by atoms with E-state index in [1.807, 2.05) is 6.07 Å². The molecular weight excluding hydrogens is 266 g/mol. The Hall–Kier alpha value is -1.88. The molecule has 1 aliphatic heterocycles. The third-order valence-electron chi connectivity index (χ3n) is 4.93. The molecule has 1 aliphatic carbocycles. The first kappa shape index (κ1) is 14.1. The van der Waals surface area contributed by atoms with E-state index in [1.165, 1.54) is 0 Å². The first-order valence-electron chi connectivity index (χ1n) is 7.35. The van der Waals surface area contributed by atoms with Gasteiger partial charge >= 0.3 is 0 Å². The first-order chi connectivity index (χ1) is 9.94. The number of fused-ring (bicyclic) bond motifs is 3. The molecular formula is C16H21N3O2. The van der Waals surface area contributed by atoms with Gasteiger partial charge in [-0.3, -0.25) is 10.1 Å². The summed E-state index contributed by atoms with van der Waals surface area (Å²) in [6.45, 7) is 4.96. The fourth-order valence-electron chi connectivity index (χ4n) is 3.60. The molecule has 112 valence electrons. The van der Waals surface area contributed by atoms with Crippen LogP contribution in [-0.4, -0.2) is 17.5 Å². The van der Waals surface area contributed by atoms with E-state index in [4.69, 9.17) is 5.73 Å². The largest absolute Gasteiger partial charge is 0.381 e. The van der Waals surface area contributed by atoms with Crippen molar-refractivity contribution in [3.63, 3.8) is 0 Å². The highest BCUT2D eigenvalue weighted by Crippen LogP contribution is 2.49. The van der Waals surface area contributed by atoms with E-state index in [1.54, 1.807) is 12.1 Å². The van der Waals surface area contributed by atoms with E-state index in [9.17, 15) is 10.1 Å². The fraction of sp³-hybridized carbons (Fsp3) is 0.500. The van der Waals surface area contributed by atoms with Crippen molar-refractivity contribution in [2.24, 2.45) is 17.1 Å². The molecule has 0 aromatic heterocycles. The standard InChI is InChI=1S/C16H21N3O2/c1-16(2,9-17)15-12-5-3-4-11(12)13-8-10(19(20)21)6-7-14(13)18-15/h3-4,6-8,11-12,15,18H,5,9,17H2,1-2H3/t11?,12?,15-/m0/s1. The minimum atomic E-state index is -0.330.